The van der Waals surface area contributed by atoms with E-state index in [1.54, 1.807) is 0 Å². The van der Waals surface area contributed by atoms with Gasteiger partial charge in [-0.3, -0.25) is 4.98 Å². The molecule has 4 aromatic rings. The molecule has 2 heterocycles. The lowest BCUT2D eigenvalue weighted by atomic mass is 9.89. The number of rotatable bonds is 6. The summed E-state index contributed by atoms with van der Waals surface area (Å²) in [6, 6.07) is 10.5. The molecule has 0 bridgehead atoms. The van der Waals surface area contributed by atoms with Crippen molar-refractivity contribution in [3.8, 4) is 11.1 Å². The Morgan fingerprint density at radius 3 is 2.19 bits per heavy atom. The summed E-state index contributed by atoms with van der Waals surface area (Å²) in [4.78, 5) is 3.87. The molecule has 4 rings (SSSR count). The van der Waals surface area contributed by atoms with Gasteiger partial charge in [0.1, 0.15) is 29.5 Å². The molecule has 0 radical (unpaired) electrons. The highest BCUT2D eigenvalue weighted by atomic mass is 19.3. The molecule has 5 nitrogen and oxygen atoms in total. The van der Waals surface area contributed by atoms with E-state index >= 15 is 8.78 Å². The van der Waals surface area contributed by atoms with Crippen LogP contribution in [-0.2, 0) is 12.5 Å². The molecule has 2 aromatic carbocycles. The summed E-state index contributed by atoms with van der Waals surface area (Å²) in [6.45, 7) is -0.468. The maximum absolute atomic E-state index is 15.5. The number of aromatic nitrogens is 5. The Morgan fingerprint density at radius 1 is 0.871 bits per heavy atom. The monoisotopic (exact) mass is 431 g/mol. The first-order valence-corrected chi connectivity index (χ1v) is 9.10. The molecule has 1 atom stereocenters. The minimum absolute atomic E-state index is 0.397. The van der Waals surface area contributed by atoms with Gasteiger partial charge in [0.2, 0.25) is 0 Å². The van der Waals surface area contributed by atoms with Crippen LogP contribution in [0.4, 0.5) is 22.0 Å². The predicted molar refractivity (Wildman–Crippen MR) is 100 cm³/mol. The van der Waals surface area contributed by atoms with Crippen molar-refractivity contribution < 1.29 is 22.0 Å². The molecular formula is C21H14F5N5. The van der Waals surface area contributed by atoms with Crippen molar-refractivity contribution in [3.63, 3.8) is 0 Å². The third-order valence-electron chi connectivity index (χ3n) is 4.82. The minimum atomic E-state index is -3.65. The molecule has 0 saturated carbocycles. The van der Waals surface area contributed by atoms with E-state index < -0.39 is 47.1 Å². The lowest BCUT2D eigenvalue weighted by molar-refractivity contribution is -0.0455. The van der Waals surface area contributed by atoms with Gasteiger partial charge in [0.25, 0.3) is 5.92 Å². The van der Waals surface area contributed by atoms with Crippen molar-refractivity contribution in [2.75, 3.05) is 0 Å². The second kappa shape index (κ2) is 8.21. The second-order valence-electron chi connectivity index (χ2n) is 6.81. The number of halogens is 5. The summed E-state index contributed by atoms with van der Waals surface area (Å²) in [5.74, 6) is -7.83. The lowest BCUT2D eigenvalue weighted by Crippen LogP contribution is -2.30. The maximum atomic E-state index is 15.5. The van der Waals surface area contributed by atoms with Crippen molar-refractivity contribution in [2.45, 2.75) is 18.4 Å². The van der Waals surface area contributed by atoms with E-state index in [-0.39, 0.29) is 0 Å². The summed E-state index contributed by atoms with van der Waals surface area (Å²) in [7, 11) is 0. The minimum Gasteiger partial charge on any atom is -0.254 e. The summed E-state index contributed by atoms with van der Waals surface area (Å²) >= 11 is 0. The van der Waals surface area contributed by atoms with Crippen LogP contribution in [-0.4, -0.2) is 25.2 Å². The van der Waals surface area contributed by atoms with Crippen LogP contribution >= 0.6 is 0 Å². The first-order chi connectivity index (χ1) is 14.8. The fourth-order valence-corrected chi connectivity index (χ4v) is 3.23. The molecule has 0 spiro atoms. The SMILES string of the molecule is Fc1ccc(-c2ccc(C(F)(F)C(Cn3cnnn3)c3ccc(F)cc3F)nc2)cc1. The normalized spacial score (nSPS) is 12.7. The van der Waals surface area contributed by atoms with Gasteiger partial charge in [0, 0.05) is 17.8 Å². The summed E-state index contributed by atoms with van der Waals surface area (Å²) in [5.41, 5.74) is 0.0922. The summed E-state index contributed by atoms with van der Waals surface area (Å²) in [5, 5.41) is 10.4. The molecule has 158 valence electrons. The van der Waals surface area contributed by atoms with Gasteiger partial charge in [0.05, 0.1) is 12.5 Å². The fraction of sp³-hybridized carbons (Fsp3) is 0.143. The highest BCUT2D eigenvalue weighted by Crippen LogP contribution is 2.43. The van der Waals surface area contributed by atoms with Crippen molar-refractivity contribution in [1.29, 1.82) is 0 Å². The molecule has 10 heteroatoms. The van der Waals surface area contributed by atoms with Crippen LogP contribution in [0.1, 0.15) is 17.2 Å². The van der Waals surface area contributed by atoms with Gasteiger partial charge in [0.15, 0.2) is 0 Å². The molecule has 0 aliphatic carbocycles. The molecule has 0 aliphatic rings. The van der Waals surface area contributed by atoms with Gasteiger partial charge in [-0.05, 0) is 45.8 Å². The Bertz CT molecular complexity index is 1160. The van der Waals surface area contributed by atoms with E-state index in [0.717, 1.165) is 29.2 Å². The topological polar surface area (TPSA) is 56.5 Å². The lowest BCUT2D eigenvalue weighted by Gasteiger charge is -2.27. The van der Waals surface area contributed by atoms with Gasteiger partial charge < -0.3 is 0 Å². The number of alkyl halides is 2. The van der Waals surface area contributed by atoms with Crippen LogP contribution in [0, 0.1) is 17.5 Å². The van der Waals surface area contributed by atoms with E-state index in [2.05, 4.69) is 20.5 Å². The van der Waals surface area contributed by atoms with E-state index in [1.807, 2.05) is 0 Å². The number of tetrazole rings is 1. The Hall–Kier alpha value is -3.69. The van der Waals surface area contributed by atoms with Crippen molar-refractivity contribution in [2.24, 2.45) is 0 Å². The number of hydrogen-bond donors (Lipinski definition) is 0. The number of pyridine rings is 1. The van der Waals surface area contributed by atoms with Crippen LogP contribution in [0.25, 0.3) is 11.1 Å². The highest BCUT2D eigenvalue weighted by Gasteiger charge is 2.45. The first kappa shape index (κ1) is 20.6. The second-order valence-corrected chi connectivity index (χ2v) is 6.81. The van der Waals surface area contributed by atoms with Crippen molar-refractivity contribution in [3.05, 3.63) is 95.8 Å². The zero-order valence-electron chi connectivity index (χ0n) is 15.8. The Kier molecular flexibility index (Phi) is 5.45. The molecule has 0 N–H and O–H groups in total. The quantitative estimate of drug-likeness (QED) is 0.415. The van der Waals surface area contributed by atoms with E-state index in [9.17, 15) is 13.2 Å². The maximum Gasteiger partial charge on any atom is 0.298 e. The third kappa shape index (κ3) is 4.27. The molecular weight excluding hydrogens is 417 g/mol. The number of benzene rings is 2. The molecule has 1 unspecified atom stereocenters. The van der Waals surface area contributed by atoms with Gasteiger partial charge in [-0.2, -0.15) is 8.78 Å². The smallest absolute Gasteiger partial charge is 0.254 e. The van der Waals surface area contributed by atoms with E-state index in [1.165, 1.54) is 36.5 Å². The standard InChI is InChI=1S/C21H14F5N5/c22-15-4-1-13(2-5-15)14-3-8-20(27-10-14)21(25,26)18(11-31-12-28-29-30-31)17-7-6-16(23)9-19(17)24/h1-10,12,18H,11H2. The van der Waals surface area contributed by atoms with Gasteiger partial charge in [-0.15, -0.1) is 5.10 Å². The van der Waals surface area contributed by atoms with Crippen molar-refractivity contribution in [1.82, 2.24) is 25.2 Å². The molecule has 0 amide bonds. The Balaban J connectivity index is 1.71. The van der Waals surface area contributed by atoms with Crippen LogP contribution < -0.4 is 0 Å². The molecule has 31 heavy (non-hydrogen) atoms. The first-order valence-electron chi connectivity index (χ1n) is 9.10. The highest BCUT2D eigenvalue weighted by molar-refractivity contribution is 5.62. The zero-order chi connectivity index (χ0) is 22.0. The number of hydrogen-bond acceptors (Lipinski definition) is 4. The van der Waals surface area contributed by atoms with Crippen LogP contribution in [0.3, 0.4) is 0 Å². The summed E-state index contributed by atoms with van der Waals surface area (Å²) < 4.78 is 72.9. The predicted octanol–water partition coefficient (Wildman–Crippen LogP) is 4.73. The Morgan fingerprint density at radius 2 is 1.58 bits per heavy atom. The number of nitrogens with zero attached hydrogens (tertiary/aromatic N) is 5. The molecule has 0 aliphatic heterocycles. The average molecular weight is 431 g/mol. The van der Waals surface area contributed by atoms with Crippen LogP contribution in [0.2, 0.25) is 0 Å². The van der Waals surface area contributed by atoms with Crippen LogP contribution in [0.5, 0.6) is 0 Å². The Labute approximate surface area is 173 Å². The van der Waals surface area contributed by atoms with E-state index in [4.69, 9.17) is 0 Å². The zero-order valence-corrected chi connectivity index (χ0v) is 15.8. The fourth-order valence-electron chi connectivity index (χ4n) is 3.23. The molecule has 2 aromatic heterocycles. The third-order valence-corrected chi connectivity index (χ3v) is 4.82. The van der Waals surface area contributed by atoms with Crippen molar-refractivity contribution >= 4 is 0 Å². The van der Waals surface area contributed by atoms with Gasteiger partial charge >= 0.3 is 0 Å². The molecule has 0 saturated heterocycles. The average Bonchev–Trinajstić information content (AvgIpc) is 3.26. The molecule has 0 fully saturated rings. The van der Waals surface area contributed by atoms with E-state index in [0.29, 0.717) is 17.2 Å². The van der Waals surface area contributed by atoms with Gasteiger partial charge in [-0.25, -0.2) is 17.9 Å². The van der Waals surface area contributed by atoms with Crippen LogP contribution in [0.15, 0.2) is 67.1 Å². The summed E-state index contributed by atoms with van der Waals surface area (Å²) in [6.07, 6.45) is 2.35. The largest absolute Gasteiger partial charge is 0.298 e. The van der Waals surface area contributed by atoms with Gasteiger partial charge in [-0.1, -0.05) is 24.3 Å².